The summed E-state index contributed by atoms with van der Waals surface area (Å²) in [6.07, 6.45) is 2.14. The summed E-state index contributed by atoms with van der Waals surface area (Å²) in [5.74, 6) is -1.17. The minimum absolute atomic E-state index is 0.204. The molecule has 0 aliphatic heterocycles. The summed E-state index contributed by atoms with van der Waals surface area (Å²) in [6, 6.07) is 5.43. The summed E-state index contributed by atoms with van der Waals surface area (Å²) >= 11 is 0. The van der Waals surface area contributed by atoms with Gasteiger partial charge in [-0.05, 0) is 32.3 Å². The molecule has 0 saturated heterocycles. The highest BCUT2D eigenvalue weighted by Gasteiger charge is 2.18. The van der Waals surface area contributed by atoms with Crippen molar-refractivity contribution in [2.75, 3.05) is 0 Å². The molecule has 1 unspecified atom stereocenters. The molecule has 1 aromatic rings. The van der Waals surface area contributed by atoms with Crippen molar-refractivity contribution in [1.29, 1.82) is 0 Å². The molecule has 0 aliphatic carbocycles. The number of carbonyl (C=O) groups is 2. The lowest BCUT2D eigenvalue weighted by atomic mass is 10.0. The van der Waals surface area contributed by atoms with Gasteiger partial charge in [0.15, 0.2) is 0 Å². The van der Waals surface area contributed by atoms with Gasteiger partial charge in [-0.2, -0.15) is 0 Å². The number of benzene rings is 1. The molecular weight excluding hydrogens is 254 g/mol. The minimum atomic E-state index is -0.966. The zero-order valence-corrected chi connectivity index (χ0v) is 12.4. The van der Waals surface area contributed by atoms with Crippen molar-refractivity contribution < 1.29 is 14.7 Å². The Morgan fingerprint density at radius 2 is 1.80 bits per heavy atom. The van der Waals surface area contributed by atoms with Crippen LogP contribution in [0.1, 0.15) is 42.9 Å². The smallest absolute Gasteiger partial charge is 0.326 e. The number of rotatable bonds is 7. The van der Waals surface area contributed by atoms with Crippen LogP contribution in [0.4, 0.5) is 0 Å². The van der Waals surface area contributed by atoms with Gasteiger partial charge in [0.05, 0.1) is 0 Å². The topological polar surface area (TPSA) is 66.4 Å². The fourth-order valence-corrected chi connectivity index (χ4v) is 2.28. The van der Waals surface area contributed by atoms with E-state index in [0.717, 1.165) is 12.0 Å². The molecule has 2 N–H and O–H groups in total. The summed E-state index contributed by atoms with van der Waals surface area (Å²) in [6.45, 7) is 5.95. The van der Waals surface area contributed by atoms with Gasteiger partial charge in [0.2, 0.25) is 5.91 Å². The second kappa shape index (κ2) is 7.68. The van der Waals surface area contributed by atoms with Gasteiger partial charge < -0.3 is 10.4 Å². The molecular formula is C16H23NO3. The van der Waals surface area contributed by atoms with Gasteiger partial charge in [-0.15, -0.1) is 0 Å². The quantitative estimate of drug-likeness (QED) is 0.805. The van der Waals surface area contributed by atoms with Crippen LogP contribution in [0.25, 0.3) is 0 Å². The predicted molar refractivity (Wildman–Crippen MR) is 78.7 cm³/mol. The zero-order valence-electron chi connectivity index (χ0n) is 12.4. The lowest BCUT2D eigenvalue weighted by Crippen LogP contribution is -2.40. The lowest BCUT2D eigenvalue weighted by Gasteiger charge is -2.13. The molecule has 1 amide bonds. The first-order valence-electron chi connectivity index (χ1n) is 7.01. The van der Waals surface area contributed by atoms with Gasteiger partial charge >= 0.3 is 5.97 Å². The van der Waals surface area contributed by atoms with Crippen molar-refractivity contribution >= 4 is 11.9 Å². The molecule has 0 heterocycles. The average molecular weight is 277 g/mol. The largest absolute Gasteiger partial charge is 0.480 e. The van der Waals surface area contributed by atoms with Crippen molar-refractivity contribution in [1.82, 2.24) is 5.32 Å². The first-order valence-corrected chi connectivity index (χ1v) is 7.01. The average Bonchev–Trinajstić information content (AvgIpc) is 2.34. The number of hydrogen-bond acceptors (Lipinski definition) is 2. The van der Waals surface area contributed by atoms with Crippen LogP contribution in [0.15, 0.2) is 18.2 Å². The van der Waals surface area contributed by atoms with Crippen molar-refractivity contribution in [3.05, 3.63) is 34.9 Å². The van der Waals surface area contributed by atoms with Crippen molar-refractivity contribution in [2.24, 2.45) is 0 Å². The second-order valence-corrected chi connectivity index (χ2v) is 5.24. The number of aryl methyl sites for hydroxylation is 3. The van der Waals surface area contributed by atoms with E-state index in [4.69, 9.17) is 5.11 Å². The van der Waals surface area contributed by atoms with Crippen molar-refractivity contribution in [2.45, 2.75) is 52.5 Å². The maximum Gasteiger partial charge on any atom is 0.326 e. The molecule has 0 radical (unpaired) electrons. The van der Waals surface area contributed by atoms with Crippen molar-refractivity contribution in [3.63, 3.8) is 0 Å². The number of nitrogens with one attached hydrogen (secondary N) is 1. The van der Waals surface area contributed by atoms with Crippen LogP contribution in [-0.4, -0.2) is 23.0 Å². The summed E-state index contributed by atoms with van der Waals surface area (Å²) in [5, 5.41) is 11.6. The molecule has 1 rings (SSSR count). The highest BCUT2D eigenvalue weighted by atomic mass is 16.4. The highest BCUT2D eigenvalue weighted by Crippen LogP contribution is 2.11. The van der Waals surface area contributed by atoms with Gasteiger partial charge in [0.25, 0.3) is 0 Å². The Hall–Kier alpha value is -1.84. The van der Waals surface area contributed by atoms with E-state index in [0.29, 0.717) is 19.3 Å². The summed E-state index contributed by atoms with van der Waals surface area (Å²) in [7, 11) is 0. The van der Waals surface area contributed by atoms with Crippen LogP contribution in [-0.2, 0) is 16.0 Å². The van der Waals surface area contributed by atoms with Crippen LogP contribution >= 0.6 is 0 Å². The Labute approximate surface area is 120 Å². The highest BCUT2D eigenvalue weighted by molar-refractivity contribution is 5.83. The van der Waals surface area contributed by atoms with Crippen LogP contribution in [0.2, 0.25) is 0 Å². The zero-order chi connectivity index (χ0) is 15.1. The Morgan fingerprint density at radius 3 is 2.30 bits per heavy atom. The van der Waals surface area contributed by atoms with E-state index in [9.17, 15) is 9.59 Å². The third-order valence-corrected chi connectivity index (χ3v) is 3.13. The number of amides is 1. The summed E-state index contributed by atoms with van der Waals surface area (Å²) in [4.78, 5) is 22.8. The maximum atomic E-state index is 11.8. The molecule has 0 saturated carbocycles. The Balaban J connectivity index is 2.52. The fraction of sp³-hybridized carbons (Fsp3) is 0.500. The molecule has 0 aliphatic rings. The van der Waals surface area contributed by atoms with E-state index >= 15 is 0 Å². The molecule has 110 valence electrons. The van der Waals surface area contributed by atoms with E-state index in [1.165, 1.54) is 11.1 Å². The van der Waals surface area contributed by atoms with Crippen molar-refractivity contribution in [3.8, 4) is 0 Å². The Morgan fingerprint density at radius 1 is 1.20 bits per heavy atom. The predicted octanol–water partition coefficient (Wildman–Crippen LogP) is 2.61. The molecule has 4 heteroatoms. The number of carbonyl (C=O) groups excluding carboxylic acids is 1. The number of carboxylic acids is 1. The molecule has 0 bridgehead atoms. The maximum absolute atomic E-state index is 11.8. The van der Waals surface area contributed by atoms with E-state index in [-0.39, 0.29) is 5.91 Å². The number of carboxylic acid groups (broad SMARTS) is 1. The van der Waals surface area contributed by atoms with Crippen LogP contribution in [0.5, 0.6) is 0 Å². The third kappa shape index (κ3) is 5.43. The molecule has 20 heavy (non-hydrogen) atoms. The fourth-order valence-electron chi connectivity index (χ4n) is 2.28. The molecule has 1 aromatic carbocycles. The third-order valence-electron chi connectivity index (χ3n) is 3.13. The summed E-state index contributed by atoms with van der Waals surface area (Å²) in [5.41, 5.74) is 3.46. The second-order valence-electron chi connectivity index (χ2n) is 5.24. The number of aliphatic carboxylic acids is 1. The SMILES string of the molecule is CCCC(NC(=O)CCc1cc(C)cc(C)c1)C(=O)O. The van der Waals surface area contributed by atoms with E-state index in [2.05, 4.69) is 23.5 Å². The Kier molecular flexibility index (Phi) is 6.22. The van der Waals surface area contributed by atoms with Crippen LogP contribution in [0, 0.1) is 13.8 Å². The first kappa shape index (κ1) is 16.2. The van der Waals surface area contributed by atoms with Gasteiger partial charge in [0, 0.05) is 6.42 Å². The van der Waals surface area contributed by atoms with Gasteiger partial charge in [0.1, 0.15) is 6.04 Å². The van der Waals surface area contributed by atoms with Gasteiger partial charge in [-0.3, -0.25) is 4.79 Å². The van der Waals surface area contributed by atoms with Crippen LogP contribution < -0.4 is 5.32 Å². The van der Waals surface area contributed by atoms with Gasteiger partial charge in [-0.1, -0.05) is 42.7 Å². The summed E-state index contributed by atoms with van der Waals surface area (Å²) < 4.78 is 0. The molecule has 4 nitrogen and oxygen atoms in total. The monoisotopic (exact) mass is 277 g/mol. The molecule has 0 aromatic heterocycles. The minimum Gasteiger partial charge on any atom is -0.480 e. The van der Waals surface area contributed by atoms with E-state index in [1.807, 2.05) is 20.8 Å². The normalized spacial score (nSPS) is 11.9. The Bertz CT molecular complexity index is 462. The molecule has 0 spiro atoms. The van der Waals surface area contributed by atoms with E-state index in [1.54, 1.807) is 0 Å². The standard InChI is InChI=1S/C16H23NO3/c1-4-5-14(16(19)20)17-15(18)7-6-13-9-11(2)8-12(3)10-13/h8-10,14H,4-7H2,1-3H3,(H,17,18)(H,19,20). The molecule has 0 fully saturated rings. The van der Waals surface area contributed by atoms with E-state index < -0.39 is 12.0 Å². The number of hydrogen-bond donors (Lipinski definition) is 2. The first-order chi connectivity index (χ1) is 9.42. The van der Waals surface area contributed by atoms with Crippen LogP contribution in [0.3, 0.4) is 0 Å². The molecule has 1 atom stereocenters. The van der Waals surface area contributed by atoms with Gasteiger partial charge in [-0.25, -0.2) is 4.79 Å². The lowest BCUT2D eigenvalue weighted by molar-refractivity contribution is -0.142.